The number of hydrogen-bond acceptors (Lipinski definition) is 1. The van der Waals surface area contributed by atoms with Gasteiger partial charge in [-0.05, 0) is 10.4 Å². The summed E-state index contributed by atoms with van der Waals surface area (Å²) >= 11 is 0. The van der Waals surface area contributed by atoms with Crippen molar-refractivity contribution >= 4 is 0 Å². The molecule has 0 aliphatic rings. The molecule has 41 valence electrons. The average molecular weight is 147 g/mol. The third kappa shape index (κ3) is 9.09. The first-order valence-corrected chi connectivity index (χ1v) is 1.90. The van der Waals surface area contributed by atoms with Crippen molar-refractivity contribution in [3.63, 3.8) is 0 Å². The van der Waals surface area contributed by atoms with Gasteiger partial charge in [0, 0.05) is 0 Å². The van der Waals surface area contributed by atoms with E-state index in [1.165, 1.54) is 6.54 Å². The molecular formula is C4H6N3V+. The van der Waals surface area contributed by atoms with Crippen molar-refractivity contribution in [2.45, 2.75) is 6.92 Å². The van der Waals surface area contributed by atoms with Gasteiger partial charge in [-0.15, -0.1) is 6.92 Å². The molecule has 0 aliphatic carbocycles. The molecule has 0 spiro atoms. The molecule has 0 atom stereocenters. The monoisotopic (exact) mass is 147 g/mol. The summed E-state index contributed by atoms with van der Waals surface area (Å²) < 4.78 is 0. The number of hydrogen-bond donors (Lipinski definition) is 0. The molecule has 8 heavy (non-hydrogen) atoms. The van der Waals surface area contributed by atoms with Crippen LogP contribution in [-0.4, -0.2) is 0 Å². The minimum absolute atomic E-state index is 0. The van der Waals surface area contributed by atoms with Crippen LogP contribution in [0.4, 0.5) is 0 Å². The maximum Gasteiger partial charge on any atom is 2.00 e. The van der Waals surface area contributed by atoms with E-state index in [1.807, 2.05) is 6.92 Å². The summed E-state index contributed by atoms with van der Waals surface area (Å²) in [6, 6.07) is 0. The minimum atomic E-state index is 0. The topological polar surface area (TPSA) is 48.8 Å². The normalized spacial score (nSPS) is 7.12. The molecule has 3 nitrogen and oxygen atoms in total. The van der Waals surface area contributed by atoms with E-state index in [0.29, 0.717) is 0 Å². The molecule has 0 N–H and O–H groups in total. The Kier molecular flexibility index (Phi) is 12.7. The van der Waals surface area contributed by atoms with Crippen LogP contribution < -0.4 is 0 Å². The molecule has 0 fully saturated rings. The fourth-order valence-corrected chi connectivity index (χ4v) is 0.154. The Hall–Kier alpha value is -0.496. The standard InChI is InChI=1S/C4H6N3.V/c1-2-3-4-6-7-5;/h2-4H,1H3;/q-1;+2/b3-2+;. The van der Waals surface area contributed by atoms with Gasteiger partial charge in [0.2, 0.25) is 0 Å². The van der Waals surface area contributed by atoms with Gasteiger partial charge in [-0.1, -0.05) is 0 Å². The second-order valence-corrected chi connectivity index (χ2v) is 0.880. The zero-order valence-corrected chi connectivity index (χ0v) is 5.92. The molecular weight excluding hydrogens is 141 g/mol. The first-order chi connectivity index (χ1) is 3.41. The number of rotatable bonds is 2. The van der Waals surface area contributed by atoms with Crippen molar-refractivity contribution in [2.24, 2.45) is 5.11 Å². The maximum absolute atomic E-state index is 7.69. The van der Waals surface area contributed by atoms with Crippen LogP contribution in [0.25, 0.3) is 10.4 Å². The van der Waals surface area contributed by atoms with Gasteiger partial charge in [-0.2, -0.15) is 11.7 Å². The quantitative estimate of drug-likeness (QED) is 0.248. The Balaban J connectivity index is 0. The van der Waals surface area contributed by atoms with Crippen LogP contribution in [0, 0.1) is 6.54 Å². The molecule has 0 heterocycles. The Morgan fingerprint density at radius 3 is 2.75 bits per heavy atom. The summed E-state index contributed by atoms with van der Waals surface area (Å²) in [7, 11) is 0. The van der Waals surface area contributed by atoms with Crippen molar-refractivity contribution in [1.29, 1.82) is 0 Å². The van der Waals surface area contributed by atoms with Crippen LogP contribution in [0.3, 0.4) is 0 Å². The molecule has 0 amide bonds. The molecule has 0 saturated heterocycles. The van der Waals surface area contributed by atoms with Crippen molar-refractivity contribution in [2.75, 3.05) is 0 Å². The average Bonchev–Trinajstić information content (AvgIpc) is 1.69. The van der Waals surface area contributed by atoms with E-state index in [2.05, 4.69) is 10.0 Å². The fraction of sp³-hybridized carbons (Fsp3) is 0.250. The molecule has 1 radical (unpaired) electrons. The minimum Gasteiger partial charge on any atom is -0.233 e. The maximum atomic E-state index is 7.69. The molecule has 0 saturated carbocycles. The Bertz CT molecular complexity index is 104. The second-order valence-electron chi connectivity index (χ2n) is 0.880. The van der Waals surface area contributed by atoms with Crippen LogP contribution in [0.15, 0.2) is 17.3 Å². The Morgan fingerprint density at radius 2 is 2.38 bits per heavy atom. The van der Waals surface area contributed by atoms with Crippen LogP contribution in [-0.2, 0) is 18.6 Å². The van der Waals surface area contributed by atoms with E-state index in [1.54, 1.807) is 12.2 Å². The summed E-state index contributed by atoms with van der Waals surface area (Å²) in [6.45, 7) is 3.24. The predicted octanol–water partition coefficient (Wildman–Crippen LogP) is 2.03. The van der Waals surface area contributed by atoms with Crippen LogP contribution >= 0.6 is 0 Å². The van der Waals surface area contributed by atoms with E-state index in [9.17, 15) is 0 Å². The van der Waals surface area contributed by atoms with Crippen LogP contribution in [0.5, 0.6) is 0 Å². The SMILES string of the molecule is C/C=C/[CH-]N=[N+]=[N-].[V+2]. The van der Waals surface area contributed by atoms with Gasteiger partial charge in [0.05, 0.1) is 0 Å². The van der Waals surface area contributed by atoms with Crippen molar-refractivity contribution in [3.8, 4) is 0 Å². The predicted molar refractivity (Wildman–Crippen MR) is 28.3 cm³/mol. The largest absolute Gasteiger partial charge is 2.00 e. The smallest absolute Gasteiger partial charge is 0.233 e. The Morgan fingerprint density at radius 1 is 1.75 bits per heavy atom. The van der Waals surface area contributed by atoms with Gasteiger partial charge in [-0.3, -0.25) is 0 Å². The van der Waals surface area contributed by atoms with Gasteiger partial charge in [0.25, 0.3) is 0 Å². The van der Waals surface area contributed by atoms with Crippen molar-refractivity contribution in [1.82, 2.24) is 0 Å². The van der Waals surface area contributed by atoms with E-state index in [0.717, 1.165) is 0 Å². The van der Waals surface area contributed by atoms with E-state index >= 15 is 0 Å². The summed E-state index contributed by atoms with van der Waals surface area (Å²) in [5, 5.41) is 3.13. The molecule has 0 aromatic rings. The molecule has 0 unspecified atom stereocenters. The molecule has 0 aliphatic heterocycles. The summed E-state index contributed by atoms with van der Waals surface area (Å²) in [5.41, 5.74) is 7.69. The first-order valence-electron chi connectivity index (χ1n) is 1.90. The molecule has 4 heteroatoms. The first kappa shape index (κ1) is 10.5. The molecule has 0 aromatic heterocycles. The Labute approximate surface area is 60.3 Å². The molecule has 0 rings (SSSR count). The van der Waals surface area contributed by atoms with Gasteiger partial charge in [0.1, 0.15) is 0 Å². The molecule has 0 aromatic carbocycles. The van der Waals surface area contributed by atoms with E-state index in [-0.39, 0.29) is 18.6 Å². The van der Waals surface area contributed by atoms with E-state index < -0.39 is 0 Å². The summed E-state index contributed by atoms with van der Waals surface area (Å²) in [6.07, 6.45) is 3.45. The zero-order chi connectivity index (χ0) is 5.54. The van der Waals surface area contributed by atoms with Crippen molar-refractivity contribution in [3.05, 3.63) is 29.1 Å². The second kappa shape index (κ2) is 9.71. The van der Waals surface area contributed by atoms with Crippen LogP contribution in [0.1, 0.15) is 6.92 Å². The van der Waals surface area contributed by atoms with Gasteiger partial charge >= 0.3 is 18.6 Å². The third-order valence-corrected chi connectivity index (χ3v) is 0.397. The van der Waals surface area contributed by atoms with Crippen LogP contribution in [0.2, 0.25) is 0 Å². The third-order valence-electron chi connectivity index (χ3n) is 0.397. The summed E-state index contributed by atoms with van der Waals surface area (Å²) in [4.78, 5) is 2.49. The number of allylic oxidation sites excluding steroid dienone is 1. The summed E-state index contributed by atoms with van der Waals surface area (Å²) in [5.74, 6) is 0. The zero-order valence-electron chi connectivity index (χ0n) is 4.52. The number of azide groups is 1. The number of nitrogens with zero attached hydrogens (tertiary/aromatic N) is 3. The van der Waals surface area contributed by atoms with E-state index in [4.69, 9.17) is 5.53 Å². The van der Waals surface area contributed by atoms with Gasteiger partial charge < -0.3 is 0 Å². The van der Waals surface area contributed by atoms with Gasteiger partial charge in [-0.25, -0.2) is 12.2 Å². The fourth-order valence-electron chi connectivity index (χ4n) is 0.154. The van der Waals surface area contributed by atoms with Gasteiger partial charge in [0.15, 0.2) is 0 Å². The van der Waals surface area contributed by atoms with Crippen molar-refractivity contribution < 1.29 is 18.6 Å². The molecule has 0 bridgehead atoms.